The zero-order valence-corrected chi connectivity index (χ0v) is 19.7. The van der Waals surface area contributed by atoms with Crippen molar-refractivity contribution in [3.05, 3.63) is 72.3 Å². The van der Waals surface area contributed by atoms with Crippen molar-refractivity contribution in [3.8, 4) is 5.75 Å². The van der Waals surface area contributed by atoms with E-state index in [1.807, 2.05) is 24.3 Å². The van der Waals surface area contributed by atoms with Crippen LogP contribution in [0.25, 0.3) is 0 Å². The Hall–Kier alpha value is -2.20. The van der Waals surface area contributed by atoms with Gasteiger partial charge in [-0.25, -0.2) is 8.78 Å². The van der Waals surface area contributed by atoms with Crippen molar-refractivity contribution >= 4 is 23.4 Å². The van der Waals surface area contributed by atoms with Crippen molar-refractivity contribution in [2.75, 3.05) is 0 Å². The fourth-order valence-corrected chi connectivity index (χ4v) is 10.3. The number of alkyl halides is 3. The second kappa shape index (κ2) is 9.96. The quantitative estimate of drug-likeness (QED) is 0.104. The molecule has 0 radical (unpaired) electrons. The zero-order chi connectivity index (χ0) is 24.3. The molecule has 33 heavy (non-hydrogen) atoms. The maximum Gasteiger partial charge on any atom is 0.534 e. The standard InChI is InChI=1S/C23H25F5O3SSi/c1-2-3-7-12-33(19-8-5-4-6-9-19)13-10-17(11-14-33)18-15-20(24)22(21(25)16-18)31-32(29,30)23(26,27)28/h2,4-6,8-9,15-17H,1,3,7,10-14H2. The van der Waals surface area contributed by atoms with Crippen LogP contribution < -0.4 is 9.37 Å². The van der Waals surface area contributed by atoms with Crippen LogP contribution in [0.5, 0.6) is 5.75 Å². The van der Waals surface area contributed by atoms with E-state index in [-0.39, 0.29) is 5.92 Å². The van der Waals surface area contributed by atoms with Gasteiger partial charge in [0.2, 0.25) is 5.75 Å². The molecule has 0 N–H and O–H groups in total. The average molecular weight is 505 g/mol. The Kier molecular flexibility index (Phi) is 7.68. The summed E-state index contributed by atoms with van der Waals surface area (Å²) in [5.74, 6) is -4.68. The van der Waals surface area contributed by atoms with Gasteiger partial charge in [-0.05, 0) is 42.9 Å². The second-order valence-electron chi connectivity index (χ2n) is 8.40. The van der Waals surface area contributed by atoms with E-state index in [4.69, 9.17) is 0 Å². The van der Waals surface area contributed by atoms with Gasteiger partial charge in [-0.15, -0.1) is 6.58 Å². The van der Waals surface area contributed by atoms with Crippen molar-refractivity contribution in [2.24, 2.45) is 0 Å². The van der Waals surface area contributed by atoms with Gasteiger partial charge in [0.15, 0.2) is 11.6 Å². The third kappa shape index (κ3) is 5.66. The van der Waals surface area contributed by atoms with Crippen LogP contribution in [0, 0.1) is 11.6 Å². The van der Waals surface area contributed by atoms with Crippen LogP contribution in [0.3, 0.4) is 0 Å². The molecule has 3 nitrogen and oxygen atoms in total. The number of halogens is 5. The Morgan fingerprint density at radius 3 is 2.15 bits per heavy atom. The minimum absolute atomic E-state index is 0.175. The number of unbranched alkanes of at least 4 members (excludes halogenated alkanes) is 1. The smallest absolute Gasteiger partial charge is 0.370 e. The third-order valence-corrected chi connectivity index (χ3v) is 12.7. The molecule has 0 spiro atoms. The monoisotopic (exact) mass is 504 g/mol. The van der Waals surface area contributed by atoms with Crippen molar-refractivity contribution in [3.63, 3.8) is 0 Å². The summed E-state index contributed by atoms with van der Waals surface area (Å²) < 4.78 is 92.4. The highest BCUT2D eigenvalue weighted by Crippen LogP contribution is 2.42. The Labute approximate surface area is 191 Å². The minimum atomic E-state index is -6.17. The van der Waals surface area contributed by atoms with E-state index >= 15 is 0 Å². The first-order chi connectivity index (χ1) is 15.5. The van der Waals surface area contributed by atoms with Crippen LogP contribution in [0.2, 0.25) is 18.1 Å². The molecule has 0 bridgehead atoms. The molecule has 180 valence electrons. The highest BCUT2D eigenvalue weighted by atomic mass is 32.2. The van der Waals surface area contributed by atoms with Gasteiger partial charge in [0.25, 0.3) is 0 Å². The number of hydrogen-bond acceptors (Lipinski definition) is 3. The summed E-state index contributed by atoms with van der Waals surface area (Å²) in [5.41, 5.74) is -5.49. The summed E-state index contributed by atoms with van der Waals surface area (Å²) in [6.07, 6.45) is 5.22. The average Bonchev–Trinajstić information content (AvgIpc) is 2.76. The minimum Gasteiger partial charge on any atom is -0.370 e. The number of hydrogen-bond donors (Lipinski definition) is 0. The van der Waals surface area contributed by atoms with Gasteiger partial charge >= 0.3 is 15.6 Å². The van der Waals surface area contributed by atoms with E-state index in [0.29, 0.717) is 18.4 Å². The molecular weight excluding hydrogens is 479 g/mol. The predicted molar refractivity (Wildman–Crippen MR) is 120 cm³/mol. The zero-order valence-electron chi connectivity index (χ0n) is 17.9. The Morgan fingerprint density at radius 2 is 1.64 bits per heavy atom. The molecule has 1 heterocycles. The summed E-state index contributed by atoms with van der Waals surface area (Å²) in [5, 5.41) is 1.35. The van der Waals surface area contributed by atoms with Crippen molar-refractivity contribution in [2.45, 2.75) is 55.2 Å². The van der Waals surface area contributed by atoms with Gasteiger partial charge in [0, 0.05) is 0 Å². The first-order valence-electron chi connectivity index (χ1n) is 10.7. The lowest BCUT2D eigenvalue weighted by atomic mass is 9.93. The van der Waals surface area contributed by atoms with Crippen molar-refractivity contribution < 1.29 is 34.6 Å². The fourth-order valence-electron chi connectivity index (χ4n) is 4.61. The lowest BCUT2D eigenvalue weighted by molar-refractivity contribution is -0.0501. The number of rotatable bonds is 8. The molecule has 1 aliphatic heterocycles. The van der Waals surface area contributed by atoms with Crippen molar-refractivity contribution in [1.82, 2.24) is 0 Å². The van der Waals surface area contributed by atoms with Gasteiger partial charge in [0.1, 0.15) is 0 Å². The second-order valence-corrected chi connectivity index (χ2v) is 14.6. The molecule has 0 amide bonds. The lowest BCUT2D eigenvalue weighted by Crippen LogP contribution is -2.49. The number of allylic oxidation sites excluding steroid dienone is 1. The van der Waals surface area contributed by atoms with E-state index in [1.54, 1.807) is 0 Å². The normalized spacial score (nSPS) is 21.5. The van der Waals surface area contributed by atoms with E-state index in [2.05, 4.69) is 22.9 Å². The molecule has 3 rings (SSSR count). The van der Waals surface area contributed by atoms with Gasteiger partial charge in [-0.1, -0.05) is 66.1 Å². The van der Waals surface area contributed by atoms with Crippen LogP contribution in [-0.4, -0.2) is 22.0 Å². The molecule has 0 atom stereocenters. The van der Waals surface area contributed by atoms with Crippen LogP contribution in [0.4, 0.5) is 22.0 Å². The molecule has 0 unspecified atom stereocenters. The maximum atomic E-state index is 14.4. The maximum absolute atomic E-state index is 14.4. The molecular formula is C23H25F5O3SSi. The van der Waals surface area contributed by atoms with Crippen LogP contribution in [0.15, 0.2) is 55.1 Å². The van der Waals surface area contributed by atoms with Crippen LogP contribution in [0.1, 0.15) is 37.2 Å². The first kappa shape index (κ1) is 25.4. The van der Waals surface area contributed by atoms with Crippen molar-refractivity contribution in [1.29, 1.82) is 0 Å². The molecule has 1 aliphatic rings. The van der Waals surface area contributed by atoms with Gasteiger partial charge in [-0.3, -0.25) is 0 Å². The molecule has 1 saturated heterocycles. The van der Waals surface area contributed by atoms with Gasteiger partial charge in [-0.2, -0.15) is 21.6 Å². The van der Waals surface area contributed by atoms with E-state index < -0.39 is 41.1 Å². The van der Waals surface area contributed by atoms with E-state index in [0.717, 1.165) is 43.1 Å². The molecule has 0 aliphatic carbocycles. The predicted octanol–water partition coefficient (Wildman–Crippen LogP) is 6.39. The summed E-state index contributed by atoms with van der Waals surface area (Å²) in [4.78, 5) is 0. The fraction of sp³-hybridized carbons (Fsp3) is 0.391. The lowest BCUT2D eigenvalue weighted by Gasteiger charge is -2.39. The molecule has 0 saturated carbocycles. The van der Waals surface area contributed by atoms with Gasteiger partial charge in [0.05, 0.1) is 8.07 Å². The van der Waals surface area contributed by atoms with Gasteiger partial charge < -0.3 is 4.18 Å². The van der Waals surface area contributed by atoms with Crippen LogP contribution >= 0.6 is 0 Å². The summed E-state index contributed by atoms with van der Waals surface area (Å²) in [6.45, 7) is 3.78. The Bertz CT molecular complexity index is 1060. The molecule has 1 fully saturated rings. The molecule has 2 aromatic carbocycles. The SMILES string of the molecule is C=CCCC[Si]1(c2ccccc2)CCC(c2cc(F)c(OS(=O)(=O)C(F)(F)F)c(F)c2)CC1. The highest BCUT2D eigenvalue weighted by molar-refractivity contribution is 7.88. The summed E-state index contributed by atoms with van der Waals surface area (Å²) in [7, 11) is -8.00. The molecule has 0 aromatic heterocycles. The molecule has 2 aromatic rings. The van der Waals surface area contributed by atoms with Crippen LogP contribution in [-0.2, 0) is 10.1 Å². The molecule has 10 heteroatoms. The van der Waals surface area contributed by atoms with E-state index in [9.17, 15) is 30.4 Å². The number of benzene rings is 2. The topological polar surface area (TPSA) is 43.4 Å². The first-order valence-corrected chi connectivity index (χ1v) is 14.7. The highest BCUT2D eigenvalue weighted by Gasteiger charge is 2.49. The summed E-state index contributed by atoms with van der Waals surface area (Å²) in [6, 6.07) is 15.0. The third-order valence-electron chi connectivity index (χ3n) is 6.36. The largest absolute Gasteiger partial charge is 0.534 e. The Morgan fingerprint density at radius 1 is 1.06 bits per heavy atom. The Balaban J connectivity index is 1.80. The van der Waals surface area contributed by atoms with E-state index in [1.165, 1.54) is 5.19 Å². The summed E-state index contributed by atoms with van der Waals surface area (Å²) >= 11 is 0.